The summed E-state index contributed by atoms with van der Waals surface area (Å²) in [7, 11) is 0. The molecule has 106 valence electrons. The minimum absolute atomic E-state index is 0.0647. The first-order chi connectivity index (χ1) is 9.00. The third kappa shape index (κ3) is 4.89. The predicted octanol–water partition coefficient (Wildman–Crippen LogP) is 3.21. The number of hydrogen-bond donors (Lipinski definition) is 2. The van der Waals surface area contributed by atoms with Crippen molar-refractivity contribution < 1.29 is 4.79 Å². The average molecular weight is 263 g/mol. The van der Waals surface area contributed by atoms with E-state index in [4.69, 9.17) is 0 Å². The molecule has 0 aliphatic rings. The van der Waals surface area contributed by atoms with Gasteiger partial charge in [-0.2, -0.15) is 0 Å². The van der Waals surface area contributed by atoms with E-state index in [0.717, 1.165) is 25.8 Å². The molecule has 0 saturated heterocycles. The molecule has 0 spiro atoms. The van der Waals surface area contributed by atoms with Crippen LogP contribution in [0.25, 0.3) is 0 Å². The number of rotatable bonds is 7. The molecule has 0 aliphatic carbocycles. The molecule has 1 heterocycles. The Morgan fingerprint density at radius 3 is 2.68 bits per heavy atom. The highest BCUT2D eigenvalue weighted by Crippen LogP contribution is 2.16. The van der Waals surface area contributed by atoms with Gasteiger partial charge >= 0.3 is 0 Å². The largest absolute Gasteiger partial charge is 0.369 e. The summed E-state index contributed by atoms with van der Waals surface area (Å²) in [5, 5.41) is 6.26. The molecule has 4 heteroatoms. The summed E-state index contributed by atoms with van der Waals surface area (Å²) in [4.78, 5) is 16.6. The van der Waals surface area contributed by atoms with Crippen LogP contribution in [-0.4, -0.2) is 23.0 Å². The Morgan fingerprint density at radius 2 is 2.05 bits per heavy atom. The summed E-state index contributed by atoms with van der Waals surface area (Å²) in [6.07, 6.45) is 4.70. The predicted molar refractivity (Wildman–Crippen MR) is 79.5 cm³/mol. The molecule has 0 fully saturated rings. The zero-order chi connectivity index (χ0) is 14.3. The molecule has 0 radical (unpaired) electrons. The summed E-state index contributed by atoms with van der Waals surface area (Å²) in [5.74, 6) is 0.597. The SMILES string of the molecule is CCCNc1ncccc1C(=O)NC(C)(C)CCC. The van der Waals surface area contributed by atoms with Gasteiger partial charge in [0.25, 0.3) is 5.91 Å². The zero-order valence-corrected chi connectivity index (χ0v) is 12.4. The number of amides is 1. The third-order valence-corrected chi connectivity index (χ3v) is 2.92. The van der Waals surface area contributed by atoms with Crippen LogP contribution in [0.1, 0.15) is 57.3 Å². The van der Waals surface area contributed by atoms with Crippen LogP contribution in [0.4, 0.5) is 5.82 Å². The summed E-state index contributed by atoms with van der Waals surface area (Å²) in [6.45, 7) is 9.11. The second-order valence-electron chi connectivity index (χ2n) is 5.41. The van der Waals surface area contributed by atoms with Gasteiger partial charge in [-0.05, 0) is 38.8 Å². The van der Waals surface area contributed by atoms with Gasteiger partial charge in [-0.25, -0.2) is 4.98 Å². The van der Waals surface area contributed by atoms with E-state index in [1.807, 2.05) is 19.9 Å². The number of nitrogens with zero attached hydrogens (tertiary/aromatic N) is 1. The summed E-state index contributed by atoms with van der Waals surface area (Å²) in [6, 6.07) is 3.60. The van der Waals surface area contributed by atoms with Gasteiger partial charge in [-0.1, -0.05) is 20.3 Å². The van der Waals surface area contributed by atoms with Crippen molar-refractivity contribution in [1.82, 2.24) is 10.3 Å². The molecule has 19 heavy (non-hydrogen) atoms. The van der Waals surface area contributed by atoms with Crippen molar-refractivity contribution in [2.45, 2.75) is 52.5 Å². The van der Waals surface area contributed by atoms with E-state index >= 15 is 0 Å². The highest BCUT2D eigenvalue weighted by molar-refractivity contribution is 5.99. The van der Waals surface area contributed by atoms with Crippen molar-refractivity contribution in [2.75, 3.05) is 11.9 Å². The van der Waals surface area contributed by atoms with E-state index in [1.165, 1.54) is 0 Å². The molecule has 1 aromatic heterocycles. The van der Waals surface area contributed by atoms with Crippen molar-refractivity contribution in [1.29, 1.82) is 0 Å². The molecule has 0 bridgehead atoms. The molecular weight excluding hydrogens is 238 g/mol. The number of carbonyl (C=O) groups is 1. The Kier molecular flexibility index (Phi) is 5.80. The van der Waals surface area contributed by atoms with Gasteiger partial charge < -0.3 is 10.6 Å². The van der Waals surface area contributed by atoms with Crippen LogP contribution in [-0.2, 0) is 0 Å². The van der Waals surface area contributed by atoms with Crippen LogP contribution in [0.2, 0.25) is 0 Å². The molecule has 0 atom stereocenters. The van der Waals surface area contributed by atoms with Crippen molar-refractivity contribution in [3.63, 3.8) is 0 Å². The van der Waals surface area contributed by atoms with E-state index in [1.54, 1.807) is 12.3 Å². The molecule has 0 unspecified atom stereocenters. The number of aromatic nitrogens is 1. The summed E-state index contributed by atoms with van der Waals surface area (Å²) < 4.78 is 0. The van der Waals surface area contributed by atoms with Crippen LogP contribution in [0.5, 0.6) is 0 Å². The van der Waals surface area contributed by atoms with Crippen LogP contribution in [0, 0.1) is 0 Å². The van der Waals surface area contributed by atoms with E-state index in [2.05, 4.69) is 29.5 Å². The summed E-state index contributed by atoms with van der Waals surface area (Å²) in [5.41, 5.74) is 0.420. The highest BCUT2D eigenvalue weighted by Gasteiger charge is 2.21. The molecule has 2 N–H and O–H groups in total. The lowest BCUT2D eigenvalue weighted by Gasteiger charge is -2.26. The first kappa shape index (κ1) is 15.5. The minimum Gasteiger partial charge on any atom is -0.369 e. The Morgan fingerprint density at radius 1 is 1.32 bits per heavy atom. The van der Waals surface area contributed by atoms with Crippen LogP contribution in [0.3, 0.4) is 0 Å². The van der Waals surface area contributed by atoms with Crippen molar-refractivity contribution in [3.05, 3.63) is 23.9 Å². The number of hydrogen-bond acceptors (Lipinski definition) is 3. The maximum Gasteiger partial charge on any atom is 0.255 e. The normalized spacial score (nSPS) is 11.2. The fraction of sp³-hybridized carbons (Fsp3) is 0.600. The Bertz CT molecular complexity index is 416. The van der Waals surface area contributed by atoms with Gasteiger partial charge in [0.2, 0.25) is 0 Å². The van der Waals surface area contributed by atoms with E-state index in [0.29, 0.717) is 11.4 Å². The van der Waals surface area contributed by atoms with Gasteiger partial charge in [0.05, 0.1) is 5.56 Å². The van der Waals surface area contributed by atoms with Crippen molar-refractivity contribution >= 4 is 11.7 Å². The Labute approximate surface area is 116 Å². The third-order valence-electron chi connectivity index (χ3n) is 2.92. The zero-order valence-electron chi connectivity index (χ0n) is 12.4. The van der Waals surface area contributed by atoms with Crippen LogP contribution >= 0.6 is 0 Å². The van der Waals surface area contributed by atoms with Crippen molar-refractivity contribution in [2.24, 2.45) is 0 Å². The second kappa shape index (κ2) is 7.12. The van der Waals surface area contributed by atoms with Gasteiger partial charge in [-0.3, -0.25) is 4.79 Å². The molecule has 0 aromatic carbocycles. The van der Waals surface area contributed by atoms with Gasteiger partial charge in [0.15, 0.2) is 0 Å². The number of nitrogens with one attached hydrogen (secondary N) is 2. The monoisotopic (exact) mass is 263 g/mol. The average Bonchev–Trinajstić information content (AvgIpc) is 2.36. The Balaban J connectivity index is 2.81. The van der Waals surface area contributed by atoms with E-state index in [-0.39, 0.29) is 11.4 Å². The lowest BCUT2D eigenvalue weighted by Crippen LogP contribution is -2.43. The molecular formula is C15H25N3O. The fourth-order valence-corrected chi connectivity index (χ4v) is 2.03. The molecule has 1 amide bonds. The fourth-order valence-electron chi connectivity index (χ4n) is 2.03. The smallest absolute Gasteiger partial charge is 0.255 e. The molecule has 0 saturated carbocycles. The van der Waals surface area contributed by atoms with Crippen LogP contribution < -0.4 is 10.6 Å². The van der Waals surface area contributed by atoms with E-state index < -0.39 is 0 Å². The Hall–Kier alpha value is -1.58. The van der Waals surface area contributed by atoms with Gasteiger partial charge in [-0.15, -0.1) is 0 Å². The molecule has 4 nitrogen and oxygen atoms in total. The maximum absolute atomic E-state index is 12.3. The second-order valence-corrected chi connectivity index (χ2v) is 5.41. The molecule has 1 aromatic rings. The first-order valence-electron chi connectivity index (χ1n) is 7.01. The maximum atomic E-state index is 12.3. The number of pyridine rings is 1. The van der Waals surface area contributed by atoms with Crippen LogP contribution in [0.15, 0.2) is 18.3 Å². The molecule has 0 aliphatic heterocycles. The van der Waals surface area contributed by atoms with E-state index in [9.17, 15) is 4.79 Å². The quantitative estimate of drug-likeness (QED) is 0.794. The van der Waals surface area contributed by atoms with Crippen molar-refractivity contribution in [3.8, 4) is 0 Å². The number of anilines is 1. The number of carbonyl (C=O) groups excluding carboxylic acids is 1. The lowest BCUT2D eigenvalue weighted by molar-refractivity contribution is 0.0909. The summed E-state index contributed by atoms with van der Waals surface area (Å²) >= 11 is 0. The lowest BCUT2D eigenvalue weighted by atomic mass is 9.98. The highest BCUT2D eigenvalue weighted by atomic mass is 16.1. The first-order valence-corrected chi connectivity index (χ1v) is 7.01. The van der Waals surface area contributed by atoms with Gasteiger partial charge in [0.1, 0.15) is 5.82 Å². The molecule has 1 rings (SSSR count). The standard InChI is InChI=1S/C15H25N3O/c1-5-9-15(3,4)18-14(19)12-8-7-11-17-13(12)16-10-6-2/h7-8,11H,5-6,9-10H2,1-4H3,(H,16,17)(H,18,19). The topological polar surface area (TPSA) is 54.0 Å². The van der Waals surface area contributed by atoms with Gasteiger partial charge in [0, 0.05) is 18.3 Å². The minimum atomic E-state index is -0.191.